The van der Waals surface area contributed by atoms with Crippen LogP contribution in [0.3, 0.4) is 0 Å². The first-order valence-corrected chi connectivity index (χ1v) is 12.0. The fourth-order valence-electron chi connectivity index (χ4n) is 4.21. The van der Waals surface area contributed by atoms with Crippen molar-refractivity contribution in [2.45, 2.75) is 45.4 Å². The van der Waals surface area contributed by atoms with Gasteiger partial charge in [-0.15, -0.1) is 0 Å². The molecular weight excluding hydrogens is 499 g/mol. The molecule has 1 aromatic carbocycles. The van der Waals surface area contributed by atoms with Gasteiger partial charge < -0.3 is 13.8 Å². The Bertz CT molecular complexity index is 1080. The molecule has 2 aliphatic carbocycles. The molecule has 0 bridgehead atoms. The molecule has 2 unspecified atom stereocenters. The minimum atomic E-state index is -5.07. The molecule has 12 heteroatoms. The van der Waals surface area contributed by atoms with Crippen molar-refractivity contribution < 1.29 is 139 Å². The zero-order chi connectivity index (χ0) is 21.7. The summed E-state index contributed by atoms with van der Waals surface area (Å²) in [7, 11) is -8.59. The van der Waals surface area contributed by atoms with Crippen LogP contribution in [0, 0.1) is 5.92 Å². The molecule has 1 heterocycles. The maximum Gasteiger partial charge on any atom is 1.00 e. The van der Waals surface area contributed by atoms with Gasteiger partial charge >= 0.3 is 103 Å². The molecule has 0 N–H and O–H groups in total. The van der Waals surface area contributed by atoms with Gasteiger partial charge in [0, 0.05) is 17.0 Å². The monoisotopic (exact) mass is 518 g/mol. The van der Waals surface area contributed by atoms with Gasteiger partial charge in [0.15, 0.2) is 9.15 Å². The summed E-state index contributed by atoms with van der Waals surface area (Å²) >= 11 is 0. The van der Waals surface area contributed by atoms with Crippen LogP contribution in [0.25, 0.3) is 5.76 Å². The summed E-state index contributed by atoms with van der Waals surface area (Å²) < 4.78 is 51.5. The first-order valence-electron chi connectivity index (χ1n) is 9.04. The van der Waals surface area contributed by atoms with E-state index in [2.05, 4.69) is 19.9 Å². The minimum absolute atomic E-state index is 0. The molecule has 31 heavy (non-hydrogen) atoms. The summed E-state index contributed by atoms with van der Waals surface area (Å²) in [6.45, 7) is 6.86. The van der Waals surface area contributed by atoms with Gasteiger partial charge in [-0.2, -0.15) is 0 Å². The molecule has 1 aliphatic heterocycles. The van der Waals surface area contributed by atoms with Crippen molar-refractivity contribution in [1.82, 2.24) is 0 Å². The number of ether oxygens (including phenoxy) is 1. The van der Waals surface area contributed by atoms with Crippen LogP contribution in [0.15, 0.2) is 17.7 Å². The fourth-order valence-corrected chi connectivity index (χ4v) is 4.21. The number of ketones is 2. The largest absolute Gasteiger partial charge is 1.00 e. The Morgan fingerprint density at radius 1 is 1.16 bits per heavy atom. The van der Waals surface area contributed by atoms with Crippen LogP contribution in [0.1, 0.15) is 60.7 Å². The van der Waals surface area contributed by atoms with E-state index in [0.717, 1.165) is 30.4 Å². The van der Waals surface area contributed by atoms with Gasteiger partial charge in [0.1, 0.15) is 5.76 Å². The van der Waals surface area contributed by atoms with Crippen molar-refractivity contribution in [2.75, 3.05) is 6.61 Å². The topological polar surface area (TPSA) is 141 Å². The Labute approximate surface area is 268 Å². The number of benzene rings is 1. The average molecular weight is 519 g/mol. The summed E-state index contributed by atoms with van der Waals surface area (Å²) in [5.74, 6) is -0.0321. The van der Waals surface area contributed by atoms with Crippen molar-refractivity contribution in [3.63, 3.8) is 0 Å². The number of carbonyl (C=O) groups is 2. The smallest absolute Gasteiger partial charge is 0.761 e. The van der Waals surface area contributed by atoms with Gasteiger partial charge in [-0.3, -0.25) is 13.8 Å². The quantitative estimate of drug-likeness (QED) is 0.120. The van der Waals surface area contributed by atoms with Crippen LogP contribution >= 0.6 is 0 Å². The molecule has 0 saturated carbocycles. The van der Waals surface area contributed by atoms with Gasteiger partial charge in [-0.25, -0.2) is 8.42 Å². The molecule has 0 amide bonds. The molecule has 4 rings (SSSR count). The molecule has 0 radical (unpaired) electrons. The van der Waals surface area contributed by atoms with Crippen LogP contribution in [-0.4, -0.2) is 39.9 Å². The van der Waals surface area contributed by atoms with Crippen LogP contribution in [0.4, 0.5) is 0 Å². The van der Waals surface area contributed by atoms with E-state index in [-0.39, 0.29) is 126 Å². The van der Waals surface area contributed by atoms with Crippen molar-refractivity contribution >= 4 is 36.6 Å². The number of carbonyl (C=O) groups excluding carboxylic acids is 2. The summed E-state index contributed by atoms with van der Waals surface area (Å²) in [5, 5.41) is 0. The SMILES string of the molecule is CC1COC2=C1C(=O)C(=O)c1c2ccc2c1CCCC2(C)C.O=S([O-])S(=O)(=O)[O-].[K+].[K+]. The summed E-state index contributed by atoms with van der Waals surface area (Å²) in [5.41, 5.74) is 4.37. The molecule has 8 nitrogen and oxygen atoms in total. The molecule has 2 atom stereocenters. The Morgan fingerprint density at radius 2 is 1.74 bits per heavy atom. The van der Waals surface area contributed by atoms with Gasteiger partial charge in [-0.1, -0.05) is 32.9 Å². The van der Waals surface area contributed by atoms with Gasteiger partial charge in [0.25, 0.3) is 0 Å². The standard InChI is InChI=1S/C19H20O3.2K.H2O5S2/c1-10-9-22-18-12-6-7-13-11(5-4-8-19(13,2)3)15(12)17(21)16(20)14(10)18;;;1-6(2)7(3,4)5/h6-7,10H,4-5,8-9H2,1-3H3;;;(H,1,2)(H,3,4,5)/q;2*+1;/p-2. The first-order chi connectivity index (χ1) is 13.4. The van der Waals surface area contributed by atoms with E-state index in [1.54, 1.807) is 0 Å². The Hall–Kier alpha value is 1.39. The maximum atomic E-state index is 12.7. The van der Waals surface area contributed by atoms with E-state index < -0.39 is 19.3 Å². The van der Waals surface area contributed by atoms with E-state index >= 15 is 0 Å². The zero-order valence-electron chi connectivity index (χ0n) is 18.1. The summed E-state index contributed by atoms with van der Waals surface area (Å²) in [6.07, 6.45) is 3.04. The number of hydrogen-bond donors (Lipinski definition) is 0. The third kappa shape index (κ3) is 6.15. The van der Waals surface area contributed by atoms with Crippen LogP contribution < -0.4 is 103 Å². The summed E-state index contributed by atoms with van der Waals surface area (Å²) in [6, 6.07) is 4.12. The second-order valence-electron chi connectivity index (χ2n) is 7.98. The molecular formula is C19H20K2O8S2. The Kier molecular flexibility index (Phi) is 11.2. The predicted octanol–water partition coefficient (Wildman–Crippen LogP) is -4.22. The van der Waals surface area contributed by atoms with E-state index in [0.29, 0.717) is 23.5 Å². The van der Waals surface area contributed by atoms with E-state index in [1.807, 2.05) is 13.0 Å². The number of fused-ring (bicyclic) bond motifs is 4. The maximum absolute atomic E-state index is 12.7. The second kappa shape index (κ2) is 11.4. The Balaban J connectivity index is 0.000000469. The number of rotatable bonds is 1. The van der Waals surface area contributed by atoms with E-state index in [4.69, 9.17) is 26.5 Å². The van der Waals surface area contributed by atoms with E-state index in [1.165, 1.54) is 5.56 Å². The van der Waals surface area contributed by atoms with Gasteiger partial charge in [0.05, 0.1) is 22.3 Å². The average Bonchev–Trinajstić information content (AvgIpc) is 3.00. The van der Waals surface area contributed by atoms with Crippen molar-refractivity contribution in [3.05, 3.63) is 40.0 Å². The third-order valence-electron chi connectivity index (χ3n) is 5.57. The van der Waals surface area contributed by atoms with Crippen LogP contribution in [-0.2, 0) is 40.6 Å². The van der Waals surface area contributed by atoms with Gasteiger partial charge in [-0.05, 0) is 35.8 Å². The number of hydrogen-bond acceptors (Lipinski definition) is 8. The normalized spacial score (nSPS) is 21.8. The number of Topliss-reactive ketones (excluding diaryl/α,β-unsaturated/α-hetero) is 2. The minimum Gasteiger partial charge on any atom is -0.761 e. The second-order valence-corrected chi connectivity index (χ2v) is 11.2. The van der Waals surface area contributed by atoms with Crippen molar-refractivity contribution in [3.8, 4) is 0 Å². The van der Waals surface area contributed by atoms with Crippen molar-refractivity contribution in [2.24, 2.45) is 5.92 Å². The third-order valence-corrected chi connectivity index (χ3v) is 6.91. The van der Waals surface area contributed by atoms with E-state index in [9.17, 15) is 9.59 Å². The molecule has 0 aromatic heterocycles. The molecule has 1 aromatic rings. The molecule has 0 spiro atoms. The fraction of sp³-hybridized carbons (Fsp3) is 0.474. The van der Waals surface area contributed by atoms with Gasteiger partial charge in [0.2, 0.25) is 11.6 Å². The molecule has 3 aliphatic rings. The molecule has 0 saturated heterocycles. The predicted molar refractivity (Wildman–Crippen MR) is 102 cm³/mol. The summed E-state index contributed by atoms with van der Waals surface area (Å²) in [4.78, 5) is 25.3. The molecule has 158 valence electrons. The van der Waals surface area contributed by atoms with Crippen molar-refractivity contribution in [1.29, 1.82) is 0 Å². The molecule has 0 fully saturated rings. The first kappa shape index (κ1) is 30.4. The van der Waals surface area contributed by atoms with Crippen LogP contribution in [0.2, 0.25) is 0 Å². The zero-order valence-corrected chi connectivity index (χ0v) is 26.0. The Morgan fingerprint density at radius 3 is 2.29 bits per heavy atom. The van der Waals surface area contributed by atoms with Crippen LogP contribution in [0.5, 0.6) is 0 Å².